The highest BCUT2D eigenvalue weighted by molar-refractivity contribution is 7.10. The van der Waals surface area contributed by atoms with Crippen LogP contribution < -0.4 is 10.1 Å². The van der Waals surface area contributed by atoms with Crippen molar-refractivity contribution in [1.82, 2.24) is 5.32 Å². The van der Waals surface area contributed by atoms with Crippen molar-refractivity contribution in [3.05, 3.63) is 88.1 Å². The first-order valence-electron chi connectivity index (χ1n) is 8.25. The molecule has 1 amide bonds. The van der Waals surface area contributed by atoms with Gasteiger partial charge in [-0.2, -0.15) is 0 Å². The molecule has 0 bridgehead atoms. The maximum absolute atomic E-state index is 12.4. The Hall–Kier alpha value is -2.92. The molecule has 1 atom stereocenters. The summed E-state index contributed by atoms with van der Waals surface area (Å²) in [6, 6.07) is 20.4. The van der Waals surface area contributed by atoms with Gasteiger partial charge in [-0.1, -0.05) is 48.5 Å². The third kappa shape index (κ3) is 4.58. The number of ether oxygens (including phenoxy) is 1. The van der Waals surface area contributed by atoms with Crippen LogP contribution in [0.1, 0.15) is 33.8 Å². The van der Waals surface area contributed by atoms with Crippen LogP contribution in [0.4, 0.5) is 0 Å². The van der Waals surface area contributed by atoms with Gasteiger partial charge < -0.3 is 10.1 Å². The molecule has 4 nitrogen and oxygen atoms in total. The summed E-state index contributed by atoms with van der Waals surface area (Å²) in [6.07, 6.45) is 0. The predicted octanol–water partition coefficient (Wildman–Crippen LogP) is 4.24. The summed E-state index contributed by atoms with van der Waals surface area (Å²) in [5, 5.41) is 5.01. The Kier molecular flexibility index (Phi) is 5.81. The number of nitrogens with one attached hydrogen (secondary N) is 1. The molecule has 0 radical (unpaired) electrons. The molecule has 26 heavy (non-hydrogen) atoms. The van der Waals surface area contributed by atoms with E-state index in [1.165, 1.54) is 6.92 Å². The minimum absolute atomic E-state index is 0.0401. The fraction of sp³-hybridized carbons (Fsp3) is 0.143. The van der Waals surface area contributed by atoms with Gasteiger partial charge in [0.25, 0.3) is 5.91 Å². The summed E-state index contributed by atoms with van der Waals surface area (Å²) in [5.41, 5.74) is 1.57. The average molecular weight is 365 g/mol. The van der Waals surface area contributed by atoms with E-state index in [9.17, 15) is 9.59 Å². The lowest BCUT2D eigenvalue weighted by Gasteiger charge is -2.18. The van der Waals surface area contributed by atoms with E-state index in [2.05, 4.69) is 5.32 Å². The number of Topliss-reactive ketones (excluding diaryl/α,β-unsaturated/α-hetero) is 1. The summed E-state index contributed by atoms with van der Waals surface area (Å²) in [7, 11) is 0. The molecule has 0 aliphatic rings. The van der Waals surface area contributed by atoms with Crippen molar-refractivity contribution in [1.29, 1.82) is 0 Å². The molecule has 5 heteroatoms. The van der Waals surface area contributed by atoms with Gasteiger partial charge in [-0.25, -0.2) is 0 Å². The highest BCUT2D eigenvalue weighted by atomic mass is 32.1. The first kappa shape index (κ1) is 17.9. The Morgan fingerprint density at radius 1 is 1.04 bits per heavy atom. The second-order valence-corrected chi connectivity index (χ2v) is 6.78. The Bertz CT molecular complexity index is 875. The zero-order chi connectivity index (χ0) is 18.4. The topological polar surface area (TPSA) is 55.4 Å². The Morgan fingerprint density at radius 2 is 1.85 bits per heavy atom. The summed E-state index contributed by atoms with van der Waals surface area (Å²) < 4.78 is 5.55. The lowest BCUT2D eigenvalue weighted by molar-refractivity contribution is -0.123. The molecule has 1 aromatic heterocycles. The maximum Gasteiger partial charge on any atom is 0.258 e. The monoisotopic (exact) mass is 365 g/mol. The predicted molar refractivity (Wildman–Crippen MR) is 103 cm³/mol. The molecular formula is C21H19NO3S. The van der Waals surface area contributed by atoms with Crippen LogP contribution in [-0.4, -0.2) is 18.3 Å². The minimum atomic E-state index is -0.222. The van der Waals surface area contributed by atoms with Crippen LogP contribution >= 0.6 is 11.3 Å². The van der Waals surface area contributed by atoms with Crippen LogP contribution in [0, 0.1) is 0 Å². The van der Waals surface area contributed by atoms with Gasteiger partial charge in [0.2, 0.25) is 0 Å². The van der Waals surface area contributed by atoms with Crippen molar-refractivity contribution in [3.8, 4) is 5.75 Å². The third-order valence-corrected chi connectivity index (χ3v) is 4.81. The molecule has 0 unspecified atom stereocenters. The van der Waals surface area contributed by atoms with Crippen LogP contribution in [0.3, 0.4) is 0 Å². The number of carbonyl (C=O) groups is 2. The SMILES string of the molecule is CC(=O)c1cccc(OCC(=O)N[C@@H](c2ccccc2)c2cccs2)c1. The van der Waals surface area contributed by atoms with Crippen LogP contribution in [-0.2, 0) is 4.79 Å². The minimum Gasteiger partial charge on any atom is -0.484 e. The second-order valence-electron chi connectivity index (χ2n) is 5.80. The van der Waals surface area contributed by atoms with Gasteiger partial charge in [-0.05, 0) is 36.1 Å². The largest absolute Gasteiger partial charge is 0.484 e. The summed E-state index contributed by atoms with van der Waals surface area (Å²) in [6.45, 7) is 1.38. The van der Waals surface area contributed by atoms with Crippen LogP contribution in [0.25, 0.3) is 0 Å². The van der Waals surface area contributed by atoms with E-state index in [-0.39, 0.29) is 24.3 Å². The summed E-state index contributed by atoms with van der Waals surface area (Å²) >= 11 is 1.59. The van der Waals surface area contributed by atoms with Gasteiger partial charge in [0.05, 0.1) is 6.04 Å². The molecule has 0 aliphatic heterocycles. The van der Waals surface area contributed by atoms with E-state index in [0.717, 1.165) is 10.4 Å². The van der Waals surface area contributed by atoms with E-state index < -0.39 is 0 Å². The van der Waals surface area contributed by atoms with E-state index in [0.29, 0.717) is 11.3 Å². The summed E-state index contributed by atoms with van der Waals surface area (Å²) in [5.74, 6) is 0.238. The molecule has 0 fully saturated rings. The molecular weight excluding hydrogens is 346 g/mol. The van der Waals surface area contributed by atoms with Crippen LogP contribution in [0.15, 0.2) is 72.1 Å². The molecule has 1 heterocycles. The van der Waals surface area contributed by atoms with Crippen molar-refractivity contribution < 1.29 is 14.3 Å². The molecule has 0 saturated carbocycles. The van der Waals surface area contributed by atoms with E-state index in [4.69, 9.17) is 4.74 Å². The number of ketones is 1. The maximum atomic E-state index is 12.4. The number of benzene rings is 2. The quantitative estimate of drug-likeness (QED) is 0.637. The molecule has 0 aliphatic carbocycles. The molecule has 1 N–H and O–H groups in total. The highest BCUT2D eigenvalue weighted by Gasteiger charge is 2.18. The molecule has 0 saturated heterocycles. The van der Waals surface area contributed by atoms with Gasteiger partial charge in [0, 0.05) is 10.4 Å². The number of rotatable bonds is 7. The first-order valence-corrected chi connectivity index (χ1v) is 9.13. The van der Waals surface area contributed by atoms with Crippen LogP contribution in [0.5, 0.6) is 5.75 Å². The smallest absolute Gasteiger partial charge is 0.258 e. The van der Waals surface area contributed by atoms with Crippen molar-refractivity contribution in [2.24, 2.45) is 0 Å². The van der Waals surface area contributed by atoms with Crippen molar-refractivity contribution >= 4 is 23.0 Å². The standard InChI is InChI=1S/C21H19NO3S/c1-15(23)17-9-5-10-18(13-17)25-14-20(24)22-21(19-11-6-12-26-19)16-7-3-2-4-8-16/h2-13,21H,14H2,1H3,(H,22,24)/t21-/m0/s1. The van der Waals surface area contributed by atoms with E-state index >= 15 is 0 Å². The number of thiophene rings is 1. The van der Waals surface area contributed by atoms with Crippen LogP contribution in [0.2, 0.25) is 0 Å². The Balaban J connectivity index is 1.67. The molecule has 132 valence electrons. The van der Waals surface area contributed by atoms with Gasteiger partial charge in [-0.15, -0.1) is 11.3 Å². The molecule has 0 spiro atoms. The number of hydrogen-bond acceptors (Lipinski definition) is 4. The zero-order valence-corrected chi connectivity index (χ0v) is 15.2. The lowest BCUT2D eigenvalue weighted by Crippen LogP contribution is -2.32. The average Bonchev–Trinajstić information content (AvgIpc) is 3.20. The number of carbonyl (C=O) groups excluding carboxylic acids is 2. The number of hydrogen-bond donors (Lipinski definition) is 1. The van der Waals surface area contributed by atoms with Crippen molar-refractivity contribution in [3.63, 3.8) is 0 Å². The van der Waals surface area contributed by atoms with Gasteiger partial charge in [-0.3, -0.25) is 9.59 Å². The molecule has 3 aromatic rings. The van der Waals surface area contributed by atoms with E-state index in [1.807, 2.05) is 47.8 Å². The zero-order valence-electron chi connectivity index (χ0n) is 14.3. The first-order chi connectivity index (χ1) is 12.6. The normalized spacial score (nSPS) is 11.6. The Labute approximate surface area is 156 Å². The number of amides is 1. The van der Waals surface area contributed by atoms with E-state index in [1.54, 1.807) is 35.6 Å². The molecule has 3 rings (SSSR count). The Morgan fingerprint density at radius 3 is 2.54 bits per heavy atom. The van der Waals surface area contributed by atoms with Crippen molar-refractivity contribution in [2.75, 3.05) is 6.61 Å². The van der Waals surface area contributed by atoms with Gasteiger partial charge >= 0.3 is 0 Å². The highest BCUT2D eigenvalue weighted by Crippen LogP contribution is 2.25. The van der Waals surface area contributed by atoms with Crippen molar-refractivity contribution in [2.45, 2.75) is 13.0 Å². The van der Waals surface area contributed by atoms with Gasteiger partial charge in [0.15, 0.2) is 12.4 Å². The molecule has 2 aromatic carbocycles. The summed E-state index contributed by atoms with van der Waals surface area (Å²) in [4.78, 5) is 24.9. The van der Waals surface area contributed by atoms with Gasteiger partial charge in [0.1, 0.15) is 5.75 Å². The lowest BCUT2D eigenvalue weighted by atomic mass is 10.1. The second kappa shape index (κ2) is 8.45. The fourth-order valence-electron chi connectivity index (χ4n) is 2.58. The third-order valence-electron chi connectivity index (χ3n) is 3.88. The fourth-order valence-corrected chi connectivity index (χ4v) is 3.38.